The molecule has 0 bridgehead atoms. The van der Waals surface area contributed by atoms with Crippen LogP contribution < -0.4 is 19.9 Å². The molecule has 2 saturated heterocycles. The van der Waals surface area contributed by atoms with Gasteiger partial charge >= 0.3 is 0 Å². The van der Waals surface area contributed by atoms with Gasteiger partial charge in [-0.2, -0.15) is 0 Å². The van der Waals surface area contributed by atoms with Gasteiger partial charge in [0.15, 0.2) is 23.9 Å². The normalized spacial score (nSPS) is 40.0. The second-order valence-electron chi connectivity index (χ2n) is 8.34. The van der Waals surface area contributed by atoms with E-state index in [9.17, 15) is 20.4 Å². The molecule has 0 unspecified atom stereocenters. The lowest BCUT2D eigenvalue weighted by atomic mass is 9.86. The number of rotatable bonds is 7. The Kier molecular flexibility index (Phi) is 7.84. The number of hydrogen-bond acceptors (Lipinski definition) is 11. The molecule has 9 atom stereocenters. The summed E-state index contributed by atoms with van der Waals surface area (Å²) < 4.78 is 34.0. The summed E-state index contributed by atoms with van der Waals surface area (Å²) in [6.45, 7) is 2.77. The minimum absolute atomic E-state index is 0.117. The highest BCUT2D eigenvalue weighted by Gasteiger charge is 2.50. The zero-order valence-corrected chi connectivity index (χ0v) is 18.6. The van der Waals surface area contributed by atoms with Gasteiger partial charge in [0.05, 0.1) is 33.0 Å². The van der Waals surface area contributed by atoms with Gasteiger partial charge in [-0.05, 0) is 26.0 Å². The Morgan fingerprint density at radius 3 is 2.25 bits per heavy atom. The largest absolute Gasteiger partial charge is 0.493 e. The second kappa shape index (κ2) is 10.1. The molecule has 11 nitrogen and oxygen atoms in total. The van der Waals surface area contributed by atoms with Crippen molar-refractivity contribution < 1.29 is 48.8 Å². The molecule has 2 aliphatic rings. The van der Waals surface area contributed by atoms with Crippen LogP contribution in [0, 0.1) is 0 Å². The molecule has 2 aliphatic heterocycles. The maximum Gasteiger partial charge on any atom is 0.230 e. The summed E-state index contributed by atoms with van der Waals surface area (Å²) >= 11 is 0. The van der Waals surface area contributed by atoms with E-state index in [4.69, 9.17) is 34.2 Å². The summed E-state index contributed by atoms with van der Waals surface area (Å²) in [7, 11) is 2.91. The zero-order valence-electron chi connectivity index (χ0n) is 18.6. The van der Waals surface area contributed by atoms with E-state index in [0.29, 0.717) is 11.5 Å². The molecule has 0 aromatic heterocycles. The Labute approximate surface area is 186 Å². The van der Waals surface area contributed by atoms with E-state index in [-0.39, 0.29) is 12.2 Å². The molecule has 1 aromatic carbocycles. The summed E-state index contributed by atoms with van der Waals surface area (Å²) in [6, 6.07) is 5.01. The summed E-state index contributed by atoms with van der Waals surface area (Å²) in [4.78, 5) is 0. The maximum absolute atomic E-state index is 10.8. The van der Waals surface area contributed by atoms with E-state index in [2.05, 4.69) is 0 Å². The van der Waals surface area contributed by atoms with Crippen LogP contribution >= 0.6 is 0 Å². The topological polar surface area (TPSA) is 162 Å². The first-order valence-corrected chi connectivity index (χ1v) is 10.4. The lowest BCUT2D eigenvalue weighted by molar-refractivity contribution is -0.333. The molecule has 32 heavy (non-hydrogen) atoms. The minimum atomic E-state index is -1.48. The Morgan fingerprint density at radius 1 is 1.09 bits per heavy atom. The molecule has 0 radical (unpaired) electrons. The highest BCUT2D eigenvalue weighted by atomic mass is 16.8. The van der Waals surface area contributed by atoms with Gasteiger partial charge in [-0.25, -0.2) is 0 Å². The Balaban J connectivity index is 1.88. The Bertz CT molecular complexity index is 740. The van der Waals surface area contributed by atoms with Gasteiger partial charge in [0.2, 0.25) is 12.0 Å². The molecule has 2 fully saturated rings. The van der Waals surface area contributed by atoms with Crippen LogP contribution in [0.3, 0.4) is 0 Å². The third kappa shape index (κ3) is 4.95. The van der Waals surface area contributed by atoms with E-state index in [1.165, 1.54) is 14.2 Å². The fourth-order valence-electron chi connectivity index (χ4n) is 3.98. The Hall–Kier alpha value is -1.70. The average Bonchev–Trinajstić information content (AvgIpc) is 2.76. The van der Waals surface area contributed by atoms with Gasteiger partial charge in [0, 0.05) is 12.0 Å². The Morgan fingerprint density at radius 2 is 1.72 bits per heavy atom. The van der Waals surface area contributed by atoms with Gasteiger partial charge in [-0.15, -0.1) is 0 Å². The monoisotopic (exact) mass is 459 g/mol. The summed E-state index contributed by atoms with van der Waals surface area (Å²) in [5, 5.41) is 41.0. The fraction of sp³-hybridized carbons (Fsp3) is 0.714. The number of hydrogen-bond donors (Lipinski definition) is 5. The number of benzene rings is 1. The predicted octanol–water partition coefficient (Wildman–Crippen LogP) is -0.880. The van der Waals surface area contributed by atoms with Gasteiger partial charge in [-0.1, -0.05) is 6.07 Å². The van der Waals surface area contributed by atoms with Crippen molar-refractivity contribution in [2.24, 2.45) is 5.73 Å². The van der Waals surface area contributed by atoms with Crippen LogP contribution in [-0.4, -0.2) is 96.0 Å². The SMILES string of the molecule is COc1cccc(OC)c1O[C@@H]1O[C@H](CO)[C@@H](O)[C@H](O)[C@H]1O[C@H]1C[C@](C)(N)[C@@H](O)[C@H](C)O1. The van der Waals surface area contributed by atoms with Crippen molar-refractivity contribution in [3.8, 4) is 17.2 Å². The molecule has 1 aromatic rings. The van der Waals surface area contributed by atoms with Crippen molar-refractivity contribution >= 4 is 0 Å². The van der Waals surface area contributed by atoms with Gasteiger partial charge < -0.3 is 54.6 Å². The molecule has 0 spiro atoms. The van der Waals surface area contributed by atoms with Crippen molar-refractivity contribution in [1.82, 2.24) is 0 Å². The van der Waals surface area contributed by atoms with E-state index in [0.717, 1.165) is 0 Å². The maximum atomic E-state index is 10.8. The second-order valence-corrected chi connectivity index (χ2v) is 8.34. The molecule has 3 rings (SSSR count). The number of ether oxygens (including phenoxy) is 6. The molecule has 0 aliphatic carbocycles. The van der Waals surface area contributed by atoms with Crippen molar-refractivity contribution in [1.29, 1.82) is 0 Å². The van der Waals surface area contributed by atoms with Gasteiger partial charge in [-0.3, -0.25) is 0 Å². The van der Waals surface area contributed by atoms with E-state index in [1.54, 1.807) is 32.0 Å². The van der Waals surface area contributed by atoms with Crippen molar-refractivity contribution in [3.05, 3.63) is 18.2 Å². The lowest BCUT2D eigenvalue weighted by Crippen LogP contribution is -2.64. The highest BCUT2D eigenvalue weighted by molar-refractivity contribution is 5.51. The minimum Gasteiger partial charge on any atom is -0.493 e. The first-order chi connectivity index (χ1) is 15.1. The third-order valence-corrected chi connectivity index (χ3v) is 5.84. The number of nitrogens with two attached hydrogens (primary N) is 1. The van der Waals surface area contributed by atoms with Gasteiger partial charge in [0.25, 0.3) is 0 Å². The van der Waals surface area contributed by atoms with Crippen LogP contribution in [0.5, 0.6) is 17.2 Å². The average molecular weight is 459 g/mol. The number of para-hydroxylation sites is 1. The number of aliphatic hydroxyl groups excluding tert-OH is 4. The van der Waals surface area contributed by atoms with Crippen molar-refractivity contribution in [2.45, 2.75) is 75.0 Å². The molecule has 6 N–H and O–H groups in total. The summed E-state index contributed by atoms with van der Waals surface area (Å²) in [5.41, 5.74) is 5.19. The van der Waals surface area contributed by atoms with Crippen molar-refractivity contribution in [3.63, 3.8) is 0 Å². The first kappa shape index (κ1) is 24.9. The number of methoxy groups -OCH3 is 2. The summed E-state index contributed by atoms with van der Waals surface area (Å²) in [5.74, 6) is 0.870. The van der Waals surface area contributed by atoms with Crippen molar-refractivity contribution in [2.75, 3.05) is 20.8 Å². The molecular formula is C21H33NO10. The molecule has 11 heteroatoms. The molecule has 0 amide bonds. The molecular weight excluding hydrogens is 426 g/mol. The molecule has 182 valence electrons. The predicted molar refractivity (Wildman–Crippen MR) is 110 cm³/mol. The van der Waals surface area contributed by atoms with E-state index < -0.39 is 61.3 Å². The van der Waals surface area contributed by atoms with Crippen LogP contribution in [0.1, 0.15) is 20.3 Å². The quantitative estimate of drug-likeness (QED) is 0.344. The van der Waals surface area contributed by atoms with E-state index in [1.807, 2.05) is 0 Å². The fourth-order valence-corrected chi connectivity index (χ4v) is 3.98. The standard InChI is InChI=1S/C21H33NO10/c1-10-19(26)21(2,22)8-14(29-10)31-18-16(25)15(24)13(9-23)30-20(18)32-17-11(27-3)6-5-7-12(17)28-4/h5-7,10,13-16,18-20,23-26H,8-9,22H2,1-4H3/t10-,13+,14-,15+,16-,18+,19-,20-,21-/m0/s1. The highest BCUT2D eigenvalue weighted by Crippen LogP contribution is 2.40. The third-order valence-electron chi connectivity index (χ3n) is 5.84. The van der Waals surface area contributed by atoms with Gasteiger partial charge in [0.1, 0.15) is 18.3 Å². The lowest BCUT2D eigenvalue weighted by Gasteiger charge is -2.47. The first-order valence-electron chi connectivity index (χ1n) is 10.4. The number of aliphatic hydroxyl groups is 4. The van der Waals surface area contributed by atoms with Crippen LogP contribution in [0.15, 0.2) is 18.2 Å². The van der Waals surface area contributed by atoms with Crippen LogP contribution in [0.4, 0.5) is 0 Å². The molecule has 0 saturated carbocycles. The van der Waals surface area contributed by atoms with E-state index >= 15 is 0 Å². The van der Waals surface area contributed by atoms with Crippen LogP contribution in [-0.2, 0) is 14.2 Å². The van der Waals surface area contributed by atoms with Crippen LogP contribution in [0.25, 0.3) is 0 Å². The smallest absolute Gasteiger partial charge is 0.230 e. The van der Waals surface area contributed by atoms with Crippen LogP contribution in [0.2, 0.25) is 0 Å². The zero-order chi connectivity index (χ0) is 23.6. The summed E-state index contributed by atoms with van der Waals surface area (Å²) in [6.07, 6.45) is -8.90. The molecule has 2 heterocycles.